The lowest BCUT2D eigenvalue weighted by molar-refractivity contribution is -0.384. The van der Waals surface area contributed by atoms with Crippen LogP contribution in [0.5, 0.6) is 17.2 Å². The summed E-state index contributed by atoms with van der Waals surface area (Å²) in [6.45, 7) is 4.72. The van der Waals surface area contributed by atoms with Crippen molar-refractivity contribution >= 4 is 67.6 Å². The first-order valence-corrected chi connectivity index (χ1v) is 16.7. The van der Waals surface area contributed by atoms with Crippen LogP contribution in [-0.2, 0) is 16.1 Å². The highest BCUT2D eigenvalue weighted by atomic mass is 127. The summed E-state index contributed by atoms with van der Waals surface area (Å²) in [5.41, 5.74) is 1.89. The van der Waals surface area contributed by atoms with Gasteiger partial charge in [0.05, 0.1) is 49.4 Å². The second-order valence-corrected chi connectivity index (χ2v) is 12.8. The Morgan fingerprint density at radius 2 is 1.87 bits per heavy atom. The molecule has 1 atom stereocenters. The Bertz CT molecular complexity index is 2020. The highest BCUT2D eigenvalue weighted by molar-refractivity contribution is 14.1. The van der Waals surface area contributed by atoms with Gasteiger partial charge in [-0.05, 0) is 99.4 Å². The summed E-state index contributed by atoms with van der Waals surface area (Å²) in [6.07, 6.45) is 3.19. The van der Waals surface area contributed by atoms with Crippen LogP contribution in [0.1, 0.15) is 36.6 Å². The number of methoxy groups -OCH3 is 1. The average molecular weight is 820 g/mol. The van der Waals surface area contributed by atoms with Gasteiger partial charge in [-0.2, -0.15) is 0 Å². The van der Waals surface area contributed by atoms with Crippen molar-refractivity contribution in [1.29, 1.82) is 0 Å². The highest BCUT2D eigenvalue weighted by Crippen LogP contribution is 2.36. The lowest BCUT2D eigenvalue weighted by Crippen LogP contribution is -2.39. The molecule has 46 heavy (non-hydrogen) atoms. The first-order chi connectivity index (χ1) is 22.1. The van der Waals surface area contributed by atoms with Gasteiger partial charge in [-0.25, -0.2) is 9.79 Å². The second kappa shape index (κ2) is 14.6. The number of thiazole rings is 1. The molecule has 1 aliphatic heterocycles. The number of hydrogen-bond donors (Lipinski definition) is 0. The van der Waals surface area contributed by atoms with Gasteiger partial charge in [0.2, 0.25) is 0 Å². The molecule has 14 heteroatoms. The molecule has 0 spiro atoms. The van der Waals surface area contributed by atoms with E-state index in [1.54, 1.807) is 36.4 Å². The number of fused-ring (bicyclic) bond motifs is 1. The van der Waals surface area contributed by atoms with Gasteiger partial charge in [0.25, 0.3) is 11.2 Å². The van der Waals surface area contributed by atoms with E-state index in [0.29, 0.717) is 55.4 Å². The van der Waals surface area contributed by atoms with E-state index in [1.807, 2.05) is 26.0 Å². The molecule has 0 amide bonds. The van der Waals surface area contributed by atoms with Crippen LogP contribution in [0, 0.1) is 13.7 Å². The molecule has 3 aromatic carbocycles. The van der Waals surface area contributed by atoms with E-state index in [4.69, 9.17) is 18.9 Å². The van der Waals surface area contributed by atoms with E-state index in [-0.39, 0.29) is 23.4 Å². The number of carbonyl (C=O) groups is 1. The molecule has 0 aliphatic carbocycles. The summed E-state index contributed by atoms with van der Waals surface area (Å²) in [4.78, 5) is 42.4. The maximum Gasteiger partial charge on any atom is 0.337 e. The monoisotopic (exact) mass is 819 g/mol. The first kappa shape index (κ1) is 33.3. The summed E-state index contributed by atoms with van der Waals surface area (Å²) in [5.74, 6) is 1.02. The number of nitro groups is 1. The molecule has 0 unspecified atom stereocenters. The van der Waals surface area contributed by atoms with Gasteiger partial charge >= 0.3 is 5.97 Å². The number of esters is 1. The third kappa shape index (κ3) is 7.03. The number of carbonyl (C=O) groups excluding carboxylic acids is 1. The van der Waals surface area contributed by atoms with Crippen molar-refractivity contribution in [3.8, 4) is 17.2 Å². The molecule has 2 heterocycles. The maximum absolute atomic E-state index is 14.0. The zero-order valence-corrected chi connectivity index (χ0v) is 29.4. The Hall–Kier alpha value is -4.02. The van der Waals surface area contributed by atoms with Crippen LogP contribution < -0.4 is 29.1 Å². The molecular formula is C32H27BrIN3O8S. The Morgan fingerprint density at radius 1 is 1.11 bits per heavy atom. The van der Waals surface area contributed by atoms with Crippen molar-refractivity contribution in [2.24, 2.45) is 4.99 Å². The molecule has 0 fully saturated rings. The molecule has 0 saturated heterocycles. The SMILES string of the molecule is CCOc1ccc([C@@H]2C(C(=O)OC)=CN=c3s/c(=C\c4cc(Br)c(OCc5cccc([N+](=O)[O-])c5)c(I)c4)c(=O)n32)cc1OCC. The van der Waals surface area contributed by atoms with Crippen LogP contribution in [0.4, 0.5) is 5.69 Å². The number of rotatable bonds is 11. The maximum atomic E-state index is 14.0. The topological polar surface area (TPSA) is 131 Å². The zero-order valence-electron chi connectivity index (χ0n) is 24.8. The molecule has 1 aromatic heterocycles. The number of nitrogens with zero attached hydrogens (tertiary/aromatic N) is 3. The van der Waals surface area contributed by atoms with E-state index in [2.05, 4.69) is 43.5 Å². The molecule has 238 valence electrons. The molecular weight excluding hydrogens is 793 g/mol. The fraction of sp³-hybridized carbons (Fsp3) is 0.219. The third-order valence-electron chi connectivity index (χ3n) is 6.83. The van der Waals surface area contributed by atoms with Crippen LogP contribution in [-0.4, -0.2) is 35.8 Å². The van der Waals surface area contributed by atoms with Crippen molar-refractivity contribution in [2.45, 2.75) is 26.5 Å². The fourth-order valence-corrected chi connectivity index (χ4v) is 7.59. The minimum atomic E-state index is -0.808. The fourth-order valence-electron chi connectivity index (χ4n) is 4.85. The van der Waals surface area contributed by atoms with Crippen LogP contribution in [0.15, 0.2) is 80.6 Å². The lowest BCUT2D eigenvalue weighted by atomic mass is 9.97. The van der Waals surface area contributed by atoms with Gasteiger partial charge in [-0.3, -0.25) is 19.5 Å². The molecule has 0 bridgehead atoms. The molecule has 11 nitrogen and oxygen atoms in total. The van der Waals surface area contributed by atoms with Crippen molar-refractivity contribution in [1.82, 2.24) is 4.57 Å². The summed E-state index contributed by atoms with van der Waals surface area (Å²) in [5, 5.41) is 11.1. The average Bonchev–Trinajstić information content (AvgIpc) is 3.35. The van der Waals surface area contributed by atoms with E-state index < -0.39 is 16.9 Å². The van der Waals surface area contributed by atoms with Crippen molar-refractivity contribution in [3.63, 3.8) is 0 Å². The minimum Gasteiger partial charge on any atom is -0.490 e. The van der Waals surface area contributed by atoms with Crippen LogP contribution in [0.2, 0.25) is 0 Å². The van der Waals surface area contributed by atoms with E-state index in [1.165, 1.54) is 41.3 Å². The Labute approximate surface area is 289 Å². The third-order valence-corrected chi connectivity index (χ3v) is 9.22. The lowest BCUT2D eigenvalue weighted by Gasteiger charge is -2.23. The summed E-state index contributed by atoms with van der Waals surface area (Å²) >= 11 is 6.91. The van der Waals surface area contributed by atoms with E-state index in [9.17, 15) is 19.7 Å². The molecule has 0 radical (unpaired) electrons. The quantitative estimate of drug-likeness (QED) is 0.0820. The number of nitro benzene ring substituents is 1. The van der Waals surface area contributed by atoms with Crippen LogP contribution in [0.3, 0.4) is 0 Å². The number of non-ortho nitro benzene ring substituents is 1. The van der Waals surface area contributed by atoms with Gasteiger partial charge in [-0.15, -0.1) is 0 Å². The molecule has 1 aliphatic rings. The first-order valence-electron chi connectivity index (χ1n) is 14.0. The van der Waals surface area contributed by atoms with Crippen molar-refractivity contribution in [3.05, 3.63) is 121 Å². The second-order valence-electron chi connectivity index (χ2n) is 9.78. The Kier molecular flexibility index (Phi) is 10.6. The number of aromatic nitrogens is 1. The van der Waals surface area contributed by atoms with Crippen molar-refractivity contribution in [2.75, 3.05) is 20.3 Å². The van der Waals surface area contributed by atoms with Gasteiger partial charge < -0.3 is 18.9 Å². The Balaban J connectivity index is 1.52. The molecule has 0 saturated carbocycles. The van der Waals surface area contributed by atoms with Gasteiger partial charge in [0.1, 0.15) is 12.4 Å². The minimum absolute atomic E-state index is 0.00937. The van der Waals surface area contributed by atoms with Gasteiger partial charge in [0.15, 0.2) is 16.3 Å². The van der Waals surface area contributed by atoms with Crippen LogP contribution >= 0.6 is 49.9 Å². The number of halogens is 2. The zero-order chi connectivity index (χ0) is 33.0. The predicted molar refractivity (Wildman–Crippen MR) is 184 cm³/mol. The van der Waals surface area contributed by atoms with Gasteiger partial charge in [0, 0.05) is 18.3 Å². The smallest absolute Gasteiger partial charge is 0.337 e. The predicted octanol–water partition coefficient (Wildman–Crippen LogP) is 5.67. The Morgan fingerprint density at radius 3 is 2.57 bits per heavy atom. The molecule has 4 aromatic rings. The van der Waals surface area contributed by atoms with Crippen LogP contribution in [0.25, 0.3) is 6.08 Å². The number of hydrogen-bond acceptors (Lipinski definition) is 10. The summed E-state index contributed by atoms with van der Waals surface area (Å²) in [6, 6.07) is 14.5. The number of benzene rings is 3. The summed E-state index contributed by atoms with van der Waals surface area (Å²) in [7, 11) is 1.28. The normalized spacial score (nSPS) is 14.2. The standard InChI is InChI=1S/C32H27BrIN3O8S/c1-4-43-25-10-9-20(15-26(25)44-5-2)28-22(31(39)42-3)16-35-32-36(28)30(38)27(46-32)14-19-12-23(33)29(24(34)13-19)45-17-18-7-6-8-21(11-18)37(40)41/h6-16,28H,4-5,17H2,1-3H3/b27-14-/t28-/m1/s1. The summed E-state index contributed by atoms with van der Waals surface area (Å²) < 4.78 is 25.9. The van der Waals surface area contributed by atoms with E-state index in [0.717, 1.165) is 9.13 Å². The van der Waals surface area contributed by atoms with E-state index >= 15 is 0 Å². The van der Waals surface area contributed by atoms with Crippen molar-refractivity contribution < 1.29 is 28.7 Å². The largest absolute Gasteiger partial charge is 0.490 e. The molecule has 0 N–H and O–H groups in total. The number of ether oxygens (including phenoxy) is 4. The molecule has 5 rings (SSSR count). The van der Waals surface area contributed by atoms with Gasteiger partial charge in [-0.1, -0.05) is 29.5 Å². The highest BCUT2D eigenvalue weighted by Gasteiger charge is 2.31.